The van der Waals surface area contributed by atoms with Crippen LogP contribution >= 0.6 is 0 Å². The number of carbonyl (C=O) groups is 1. The van der Waals surface area contributed by atoms with Gasteiger partial charge in [0.25, 0.3) is 0 Å². The molecule has 1 aliphatic rings. The fourth-order valence-electron chi connectivity index (χ4n) is 1.63. The highest BCUT2D eigenvalue weighted by molar-refractivity contribution is 5.81. The Hall–Kier alpha value is -0.650. The molecule has 1 fully saturated rings. The van der Waals surface area contributed by atoms with E-state index in [1.165, 1.54) is 7.11 Å². The van der Waals surface area contributed by atoms with Crippen molar-refractivity contribution in [3.05, 3.63) is 0 Å². The molecule has 1 amide bonds. The molecule has 0 radical (unpaired) electrons. The first kappa shape index (κ1) is 12.4. The molecule has 88 valence electrons. The third-order valence-electron chi connectivity index (χ3n) is 2.46. The summed E-state index contributed by atoms with van der Waals surface area (Å²) in [5.41, 5.74) is 0. The molecule has 5 heteroatoms. The fraction of sp³-hybridized carbons (Fsp3) is 0.900. The van der Waals surface area contributed by atoms with Gasteiger partial charge in [-0.3, -0.25) is 4.79 Å². The van der Waals surface area contributed by atoms with Gasteiger partial charge in [-0.05, 0) is 19.8 Å². The van der Waals surface area contributed by atoms with Crippen LogP contribution in [0.5, 0.6) is 0 Å². The lowest BCUT2D eigenvalue weighted by atomic mass is 10.2. The second kappa shape index (κ2) is 6.05. The van der Waals surface area contributed by atoms with Crippen molar-refractivity contribution >= 4 is 5.91 Å². The Bertz CT molecular complexity index is 210. The SMILES string of the molecule is COCC(CO)NC(=O)C1CCC(C)O1. The molecule has 5 nitrogen and oxygen atoms in total. The maximum atomic E-state index is 11.6. The van der Waals surface area contributed by atoms with Gasteiger partial charge in [-0.1, -0.05) is 0 Å². The van der Waals surface area contributed by atoms with Crippen LogP contribution < -0.4 is 5.32 Å². The van der Waals surface area contributed by atoms with Gasteiger partial charge in [-0.15, -0.1) is 0 Å². The first-order valence-corrected chi connectivity index (χ1v) is 5.23. The number of aliphatic hydroxyl groups excluding tert-OH is 1. The van der Waals surface area contributed by atoms with Gasteiger partial charge in [0, 0.05) is 7.11 Å². The maximum Gasteiger partial charge on any atom is 0.249 e. The quantitative estimate of drug-likeness (QED) is 0.662. The average Bonchev–Trinajstić information content (AvgIpc) is 2.64. The molecular formula is C10H19NO4. The number of methoxy groups -OCH3 is 1. The summed E-state index contributed by atoms with van der Waals surface area (Å²) in [7, 11) is 1.53. The van der Waals surface area contributed by atoms with E-state index in [1.807, 2.05) is 6.92 Å². The van der Waals surface area contributed by atoms with Crippen molar-refractivity contribution in [3.63, 3.8) is 0 Å². The minimum absolute atomic E-state index is 0.123. The Morgan fingerprint density at radius 2 is 2.40 bits per heavy atom. The zero-order chi connectivity index (χ0) is 11.3. The first-order chi connectivity index (χ1) is 7.17. The van der Waals surface area contributed by atoms with Gasteiger partial charge in [0.2, 0.25) is 5.91 Å². The molecule has 15 heavy (non-hydrogen) atoms. The van der Waals surface area contributed by atoms with Crippen LogP contribution in [0.25, 0.3) is 0 Å². The number of amides is 1. The van der Waals surface area contributed by atoms with Crippen LogP contribution in [0.15, 0.2) is 0 Å². The van der Waals surface area contributed by atoms with E-state index >= 15 is 0 Å². The van der Waals surface area contributed by atoms with Crippen molar-refractivity contribution in [2.75, 3.05) is 20.3 Å². The highest BCUT2D eigenvalue weighted by atomic mass is 16.5. The number of ether oxygens (including phenoxy) is 2. The lowest BCUT2D eigenvalue weighted by Gasteiger charge is -2.18. The number of rotatable bonds is 5. The van der Waals surface area contributed by atoms with Crippen LogP contribution in [0.2, 0.25) is 0 Å². The predicted molar refractivity (Wildman–Crippen MR) is 54.5 cm³/mol. The zero-order valence-electron chi connectivity index (χ0n) is 9.23. The van der Waals surface area contributed by atoms with Crippen molar-refractivity contribution in [3.8, 4) is 0 Å². The van der Waals surface area contributed by atoms with Crippen LogP contribution in [0.3, 0.4) is 0 Å². The Morgan fingerprint density at radius 3 is 2.87 bits per heavy atom. The molecule has 1 rings (SSSR count). The van der Waals surface area contributed by atoms with Gasteiger partial charge < -0.3 is 19.9 Å². The Balaban J connectivity index is 2.33. The van der Waals surface area contributed by atoms with Crippen LogP contribution in [0.1, 0.15) is 19.8 Å². The fourth-order valence-corrected chi connectivity index (χ4v) is 1.63. The van der Waals surface area contributed by atoms with Gasteiger partial charge in [0.05, 0.1) is 25.4 Å². The van der Waals surface area contributed by atoms with Crippen molar-refractivity contribution in [2.45, 2.75) is 38.0 Å². The molecule has 0 saturated carbocycles. The van der Waals surface area contributed by atoms with Gasteiger partial charge >= 0.3 is 0 Å². The van der Waals surface area contributed by atoms with E-state index in [0.29, 0.717) is 6.61 Å². The summed E-state index contributed by atoms with van der Waals surface area (Å²) in [5.74, 6) is -0.157. The molecule has 0 aliphatic carbocycles. The Morgan fingerprint density at radius 1 is 1.67 bits per heavy atom. The van der Waals surface area contributed by atoms with Gasteiger partial charge in [-0.25, -0.2) is 0 Å². The lowest BCUT2D eigenvalue weighted by molar-refractivity contribution is -0.133. The van der Waals surface area contributed by atoms with E-state index < -0.39 is 0 Å². The maximum absolute atomic E-state index is 11.6. The second-order valence-corrected chi connectivity index (χ2v) is 3.86. The van der Waals surface area contributed by atoms with Gasteiger partial charge in [0.15, 0.2) is 0 Å². The third-order valence-corrected chi connectivity index (χ3v) is 2.46. The monoisotopic (exact) mass is 217 g/mol. The molecule has 1 saturated heterocycles. The predicted octanol–water partition coefficient (Wildman–Crippen LogP) is -0.323. The van der Waals surface area contributed by atoms with Crippen LogP contribution in [0.4, 0.5) is 0 Å². The van der Waals surface area contributed by atoms with E-state index in [2.05, 4.69) is 5.32 Å². The third kappa shape index (κ3) is 3.77. The summed E-state index contributed by atoms with van der Waals surface area (Å²) in [5, 5.41) is 11.7. The number of aliphatic hydroxyl groups is 1. The molecule has 1 heterocycles. The molecule has 0 aromatic rings. The number of hydrogen-bond acceptors (Lipinski definition) is 4. The van der Waals surface area contributed by atoms with Gasteiger partial charge in [0.1, 0.15) is 6.10 Å². The number of nitrogens with one attached hydrogen (secondary N) is 1. The summed E-state index contributed by atoms with van der Waals surface area (Å²) in [6.45, 7) is 2.14. The minimum Gasteiger partial charge on any atom is -0.394 e. The highest BCUT2D eigenvalue weighted by Crippen LogP contribution is 2.18. The number of carbonyl (C=O) groups excluding carboxylic acids is 1. The van der Waals surface area contributed by atoms with Crippen LogP contribution in [-0.4, -0.2) is 49.6 Å². The van der Waals surface area contributed by atoms with E-state index in [-0.39, 0.29) is 30.8 Å². The van der Waals surface area contributed by atoms with Crippen LogP contribution in [0, 0.1) is 0 Å². The highest BCUT2D eigenvalue weighted by Gasteiger charge is 2.29. The summed E-state index contributed by atoms with van der Waals surface area (Å²) in [6.07, 6.45) is 1.44. The lowest BCUT2D eigenvalue weighted by Crippen LogP contribution is -2.45. The van der Waals surface area contributed by atoms with E-state index in [1.54, 1.807) is 0 Å². The van der Waals surface area contributed by atoms with Gasteiger partial charge in [-0.2, -0.15) is 0 Å². The Labute approximate surface area is 89.8 Å². The summed E-state index contributed by atoms with van der Waals surface area (Å²) in [4.78, 5) is 11.6. The Kier molecular flexibility index (Phi) is 5.01. The molecule has 3 unspecified atom stereocenters. The van der Waals surface area contributed by atoms with E-state index in [0.717, 1.165) is 12.8 Å². The van der Waals surface area contributed by atoms with E-state index in [9.17, 15) is 4.79 Å². The normalized spacial score (nSPS) is 27.7. The van der Waals surface area contributed by atoms with Crippen molar-refractivity contribution < 1.29 is 19.4 Å². The molecule has 1 aliphatic heterocycles. The largest absolute Gasteiger partial charge is 0.394 e. The summed E-state index contributed by atoms with van der Waals surface area (Å²) in [6, 6.07) is -0.345. The van der Waals surface area contributed by atoms with Crippen molar-refractivity contribution in [1.29, 1.82) is 0 Å². The zero-order valence-corrected chi connectivity index (χ0v) is 9.23. The molecule has 0 aromatic carbocycles. The second-order valence-electron chi connectivity index (χ2n) is 3.86. The molecule has 3 atom stereocenters. The standard InChI is InChI=1S/C10H19NO4/c1-7-3-4-9(15-7)10(13)11-8(5-12)6-14-2/h7-9,12H,3-6H2,1-2H3,(H,11,13). The summed E-state index contributed by atoms with van der Waals surface area (Å²) < 4.78 is 10.3. The first-order valence-electron chi connectivity index (χ1n) is 5.23. The molecule has 0 aromatic heterocycles. The molecule has 2 N–H and O–H groups in total. The molecular weight excluding hydrogens is 198 g/mol. The van der Waals surface area contributed by atoms with Crippen molar-refractivity contribution in [2.24, 2.45) is 0 Å². The van der Waals surface area contributed by atoms with Crippen molar-refractivity contribution in [1.82, 2.24) is 5.32 Å². The topological polar surface area (TPSA) is 67.8 Å². The van der Waals surface area contributed by atoms with Crippen LogP contribution in [-0.2, 0) is 14.3 Å². The summed E-state index contributed by atoms with van der Waals surface area (Å²) >= 11 is 0. The minimum atomic E-state index is -0.370. The van der Waals surface area contributed by atoms with E-state index in [4.69, 9.17) is 14.6 Å². The smallest absolute Gasteiger partial charge is 0.249 e. The molecule has 0 bridgehead atoms. The average molecular weight is 217 g/mol. The molecule has 0 spiro atoms. The number of hydrogen-bond donors (Lipinski definition) is 2.